The molecule has 2 aliphatic carbocycles. The second-order valence-electron chi connectivity index (χ2n) is 8.40. The fourth-order valence-corrected chi connectivity index (χ4v) is 4.82. The van der Waals surface area contributed by atoms with Crippen molar-refractivity contribution in [3.05, 3.63) is 0 Å². The molecule has 0 heterocycles. The Labute approximate surface area is 152 Å². The lowest BCUT2D eigenvalue weighted by molar-refractivity contribution is -0.138. The number of alkyl halides is 3. The van der Waals surface area contributed by atoms with Crippen LogP contribution in [0.25, 0.3) is 0 Å². The van der Waals surface area contributed by atoms with Gasteiger partial charge in [0.05, 0.1) is 6.10 Å². The summed E-state index contributed by atoms with van der Waals surface area (Å²) in [6, 6.07) is 0. The molecule has 0 saturated heterocycles. The number of halogens is 3. The van der Waals surface area contributed by atoms with Gasteiger partial charge in [0.2, 0.25) is 0 Å². The molecule has 0 aliphatic heterocycles. The summed E-state index contributed by atoms with van der Waals surface area (Å²) in [6.45, 7) is 3.14. The third-order valence-electron chi connectivity index (χ3n) is 6.46. The molecule has 0 N–H and O–H groups in total. The predicted molar refractivity (Wildman–Crippen MR) is 96.6 cm³/mol. The molecule has 0 aromatic heterocycles. The molecule has 0 aromatic rings. The molecule has 4 heteroatoms. The maximum atomic E-state index is 12.4. The Kier molecular flexibility index (Phi) is 9.09. The Morgan fingerprint density at radius 2 is 1.40 bits per heavy atom. The topological polar surface area (TPSA) is 9.23 Å². The van der Waals surface area contributed by atoms with Crippen molar-refractivity contribution in [3.63, 3.8) is 0 Å². The second-order valence-corrected chi connectivity index (χ2v) is 8.40. The summed E-state index contributed by atoms with van der Waals surface area (Å²) < 4.78 is 43.1. The molecule has 0 amide bonds. The molecule has 148 valence electrons. The van der Waals surface area contributed by atoms with Crippen LogP contribution in [0.1, 0.15) is 96.8 Å². The summed E-state index contributed by atoms with van der Waals surface area (Å²) in [5, 5.41) is 0. The lowest BCUT2D eigenvalue weighted by atomic mass is 9.70. The van der Waals surface area contributed by atoms with Crippen molar-refractivity contribution < 1.29 is 17.9 Å². The lowest BCUT2D eigenvalue weighted by Gasteiger charge is -2.38. The van der Waals surface area contributed by atoms with Crippen molar-refractivity contribution in [2.75, 3.05) is 6.61 Å². The van der Waals surface area contributed by atoms with Crippen LogP contribution in [0.4, 0.5) is 13.2 Å². The number of hydrogen-bond acceptors (Lipinski definition) is 1. The molecule has 2 aliphatic rings. The van der Waals surface area contributed by atoms with Gasteiger partial charge in [-0.3, -0.25) is 0 Å². The highest BCUT2D eigenvalue weighted by molar-refractivity contribution is 4.82. The first-order valence-electron chi connectivity index (χ1n) is 10.7. The van der Waals surface area contributed by atoms with Gasteiger partial charge in [0, 0.05) is 13.0 Å². The van der Waals surface area contributed by atoms with Gasteiger partial charge < -0.3 is 4.74 Å². The molecule has 0 radical (unpaired) electrons. The van der Waals surface area contributed by atoms with Crippen LogP contribution in [0, 0.1) is 17.8 Å². The zero-order valence-electron chi connectivity index (χ0n) is 16.0. The molecule has 0 bridgehead atoms. The number of unbranched alkanes of at least 4 members (excludes halogenated alkanes) is 3. The monoisotopic (exact) mass is 362 g/mol. The van der Waals surface area contributed by atoms with Gasteiger partial charge in [-0.2, -0.15) is 13.2 Å². The number of hydrogen-bond donors (Lipinski definition) is 0. The summed E-state index contributed by atoms with van der Waals surface area (Å²) in [4.78, 5) is 0. The molecule has 2 rings (SSSR count). The van der Waals surface area contributed by atoms with E-state index in [1.807, 2.05) is 0 Å². The van der Waals surface area contributed by atoms with Crippen LogP contribution in [0.2, 0.25) is 0 Å². The Balaban J connectivity index is 1.56. The maximum absolute atomic E-state index is 12.4. The fourth-order valence-electron chi connectivity index (χ4n) is 4.82. The first-order valence-corrected chi connectivity index (χ1v) is 10.7. The molecule has 2 fully saturated rings. The van der Waals surface area contributed by atoms with E-state index in [2.05, 4.69) is 6.92 Å². The van der Waals surface area contributed by atoms with Crippen molar-refractivity contribution >= 4 is 0 Å². The normalized spacial score (nSPS) is 31.2. The molecule has 0 aromatic carbocycles. The summed E-state index contributed by atoms with van der Waals surface area (Å²) in [5.41, 5.74) is 0. The van der Waals surface area contributed by atoms with E-state index >= 15 is 0 Å². The first kappa shape index (κ1) is 21.1. The minimum Gasteiger partial charge on any atom is -0.378 e. The van der Waals surface area contributed by atoms with Crippen LogP contribution in [0.5, 0.6) is 0 Å². The molecular weight excluding hydrogens is 325 g/mol. The third-order valence-corrected chi connectivity index (χ3v) is 6.46. The molecule has 0 unspecified atom stereocenters. The summed E-state index contributed by atoms with van der Waals surface area (Å²) in [5.74, 6) is 1.86. The van der Waals surface area contributed by atoms with Crippen LogP contribution in [0.15, 0.2) is 0 Å². The van der Waals surface area contributed by atoms with Crippen molar-refractivity contribution in [3.8, 4) is 0 Å². The lowest BCUT2D eigenvalue weighted by Crippen LogP contribution is -2.29. The summed E-state index contributed by atoms with van der Waals surface area (Å²) in [6.07, 6.45) is 10.5. The van der Waals surface area contributed by atoms with Gasteiger partial charge in [0.15, 0.2) is 0 Å². The molecule has 1 nitrogen and oxygen atoms in total. The van der Waals surface area contributed by atoms with E-state index in [1.165, 1.54) is 51.4 Å². The van der Waals surface area contributed by atoms with Crippen molar-refractivity contribution in [2.24, 2.45) is 17.8 Å². The average Bonchev–Trinajstić information content (AvgIpc) is 2.60. The fraction of sp³-hybridized carbons (Fsp3) is 1.00. The van der Waals surface area contributed by atoms with Gasteiger partial charge in [-0.1, -0.05) is 39.0 Å². The van der Waals surface area contributed by atoms with Gasteiger partial charge >= 0.3 is 6.18 Å². The Morgan fingerprint density at radius 1 is 0.800 bits per heavy atom. The van der Waals surface area contributed by atoms with E-state index in [0.29, 0.717) is 18.4 Å². The zero-order chi connectivity index (χ0) is 18.1. The zero-order valence-corrected chi connectivity index (χ0v) is 16.0. The van der Waals surface area contributed by atoms with Gasteiger partial charge in [0.25, 0.3) is 0 Å². The van der Waals surface area contributed by atoms with Crippen molar-refractivity contribution in [1.29, 1.82) is 0 Å². The van der Waals surface area contributed by atoms with Crippen LogP contribution < -0.4 is 0 Å². The second kappa shape index (κ2) is 10.8. The van der Waals surface area contributed by atoms with E-state index in [1.54, 1.807) is 0 Å². The maximum Gasteiger partial charge on any atom is 0.389 e. The molecule has 0 atom stereocenters. The largest absolute Gasteiger partial charge is 0.389 e. The third kappa shape index (κ3) is 8.32. The molecular formula is C21H37F3O. The van der Waals surface area contributed by atoms with Crippen LogP contribution in [-0.4, -0.2) is 18.9 Å². The summed E-state index contributed by atoms with van der Waals surface area (Å²) in [7, 11) is 0. The van der Waals surface area contributed by atoms with Crippen LogP contribution in [-0.2, 0) is 4.74 Å². The highest BCUT2D eigenvalue weighted by Gasteiger charge is 2.33. The molecule has 25 heavy (non-hydrogen) atoms. The standard InChI is InChI=1S/C21H37F3O/c1-2-3-4-5-16-25-20-12-10-19(11-13-20)18-8-6-17(7-9-18)14-15-21(22,23)24/h17-20H,2-16H2,1H3. The van der Waals surface area contributed by atoms with Gasteiger partial charge in [-0.25, -0.2) is 0 Å². The van der Waals surface area contributed by atoms with Gasteiger partial charge in [-0.05, 0) is 69.1 Å². The predicted octanol–water partition coefficient (Wildman–Crippen LogP) is 7.29. The Morgan fingerprint density at radius 3 is 1.96 bits per heavy atom. The number of rotatable bonds is 9. The van der Waals surface area contributed by atoms with Crippen molar-refractivity contribution in [2.45, 2.75) is 109 Å². The highest BCUT2D eigenvalue weighted by atomic mass is 19.4. The van der Waals surface area contributed by atoms with E-state index in [4.69, 9.17) is 4.74 Å². The summed E-state index contributed by atoms with van der Waals surface area (Å²) >= 11 is 0. The van der Waals surface area contributed by atoms with E-state index in [-0.39, 0.29) is 0 Å². The SMILES string of the molecule is CCCCCCOC1CCC(C2CCC(CCC(F)(F)F)CC2)CC1. The first-order chi connectivity index (χ1) is 12.0. The molecule has 0 spiro atoms. The van der Waals surface area contributed by atoms with Gasteiger partial charge in [-0.15, -0.1) is 0 Å². The van der Waals surface area contributed by atoms with E-state index in [0.717, 1.165) is 44.1 Å². The highest BCUT2D eigenvalue weighted by Crippen LogP contribution is 2.42. The Bertz CT molecular complexity index is 340. The van der Waals surface area contributed by atoms with Gasteiger partial charge in [0.1, 0.15) is 0 Å². The quantitative estimate of drug-likeness (QED) is 0.391. The van der Waals surface area contributed by atoms with Crippen LogP contribution >= 0.6 is 0 Å². The van der Waals surface area contributed by atoms with Crippen molar-refractivity contribution in [1.82, 2.24) is 0 Å². The van der Waals surface area contributed by atoms with Crippen LogP contribution in [0.3, 0.4) is 0 Å². The van der Waals surface area contributed by atoms with E-state index < -0.39 is 12.6 Å². The van der Waals surface area contributed by atoms with E-state index in [9.17, 15) is 13.2 Å². The Hall–Kier alpha value is -0.250. The minimum absolute atomic E-state index is 0.306. The number of ether oxygens (including phenoxy) is 1. The molecule has 2 saturated carbocycles. The minimum atomic E-state index is -3.98. The smallest absolute Gasteiger partial charge is 0.378 e. The average molecular weight is 363 g/mol.